The van der Waals surface area contributed by atoms with Crippen LogP contribution in [0.25, 0.3) is 112 Å². The number of likely N-dealkylation sites (N-methyl/N-ethyl adjacent to an activating group) is 1. The smallest absolute Gasteiger partial charge is 0.347 e. The number of hydrogen-bond donors (Lipinski definition) is 3. The van der Waals surface area contributed by atoms with E-state index >= 15 is 0 Å². The summed E-state index contributed by atoms with van der Waals surface area (Å²) in [4.78, 5) is 112. The van der Waals surface area contributed by atoms with E-state index in [2.05, 4.69) is 130 Å². The van der Waals surface area contributed by atoms with E-state index in [0.29, 0.717) is 80.1 Å². The van der Waals surface area contributed by atoms with Crippen molar-refractivity contribution in [3.8, 4) is 45.0 Å². The molecule has 4 atom stereocenters. The lowest BCUT2D eigenvalue weighted by Crippen LogP contribution is -2.54. The second-order valence-corrected chi connectivity index (χ2v) is 31.2. The number of rotatable bonds is 8. The number of pyridine rings is 5. The van der Waals surface area contributed by atoms with Crippen LogP contribution in [0.2, 0.25) is 0 Å². The maximum atomic E-state index is 13.9. The minimum absolute atomic E-state index is 0.164. The Bertz CT molecular complexity index is 6790. The van der Waals surface area contributed by atoms with Gasteiger partial charge in [-0.1, -0.05) is 0 Å². The summed E-state index contributed by atoms with van der Waals surface area (Å²) in [6, 6.07) is 27.1. The highest BCUT2D eigenvalue weighted by Crippen LogP contribution is 2.31. The van der Waals surface area contributed by atoms with Gasteiger partial charge in [-0.05, 0) is 187 Å². The lowest BCUT2D eigenvalue weighted by Gasteiger charge is -2.38. The Labute approximate surface area is 675 Å². The first-order valence-corrected chi connectivity index (χ1v) is 39.8. The molecule has 3 N–H and O–H groups in total. The van der Waals surface area contributed by atoms with Gasteiger partial charge in [-0.2, -0.15) is 19.9 Å². The largest absolute Gasteiger partial charge is 0.403 e. The van der Waals surface area contributed by atoms with Crippen molar-refractivity contribution in [2.75, 3.05) is 105 Å². The molecule has 0 radical (unpaired) electrons. The number of aryl methyl sites for hydroxylation is 6. The Morgan fingerprint density at radius 2 is 0.805 bits per heavy atom. The molecular weight excluding hydrogens is 1500 g/mol. The average Bonchev–Trinajstić information content (AvgIpc) is 1.71. The highest BCUT2D eigenvalue weighted by Gasteiger charge is 2.28. The molecule has 20 heterocycles. The van der Waals surface area contributed by atoms with Gasteiger partial charge in [-0.25, -0.2) is 43.5 Å². The molecule has 4 saturated heterocycles. The number of aromatic nitrogens is 15. The van der Waals surface area contributed by atoms with Gasteiger partial charge in [0.2, 0.25) is 22.9 Å². The van der Waals surface area contributed by atoms with Crippen molar-refractivity contribution in [2.45, 2.75) is 106 Å². The summed E-state index contributed by atoms with van der Waals surface area (Å²) in [5, 5.41) is 13.4. The second kappa shape index (κ2) is 32.2. The van der Waals surface area contributed by atoms with Crippen molar-refractivity contribution in [1.82, 2.24) is 93.3 Å². The van der Waals surface area contributed by atoms with Gasteiger partial charge in [0.25, 0.3) is 0 Å². The van der Waals surface area contributed by atoms with Gasteiger partial charge >= 0.3 is 22.5 Å². The average molecular weight is 1590 g/mol. The summed E-state index contributed by atoms with van der Waals surface area (Å²) >= 11 is 0. The van der Waals surface area contributed by atoms with Crippen molar-refractivity contribution in [3.63, 3.8) is 0 Å². The predicted octanol–water partition coefficient (Wildman–Crippen LogP) is 10.5. The second-order valence-electron chi connectivity index (χ2n) is 31.2. The predicted molar refractivity (Wildman–Crippen MR) is 452 cm³/mol. The molecule has 0 aliphatic carbocycles. The van der Waals surface area contributed by atoms with Crippen LogP contribution < -0.4 is 58.1 Å². The third kappa shape index (κ3) is 16.1. The fourth-order valence-electron chi connectivity index (χ4n) is 16.0. The van der Waals surface area contributed by atoms with E-state index < -0.39 is 28.3 Å². The molecule has 31 nitrogen and oxygen atoms in total. The van der Waals surface area contributed by atoms with Crippen LogP contribution in [0.3, 0.4) is 0 Å². The number of fused-ring (bicyclic) bond motifs is 8. The number of anilines is 4. The van der Waals surface area contributed by atoms with Gasteiger partial charge in [0, 0.05) is 161 Å². The third-order valence-corrected chi connectivity index (χ3v) is 21.7. The molecule has 0 bridgehead atoms. The molecule has 4 fully saturated rings. The van der Waals surface area contributed by atoms with Crippen LogP contribution in [-0.4, -0.2) is 187 Å². The van der Waals surface area contributed by atoms with E-state index in [4.69, 9.17) is 17.7 Å². The highest BCUT2D eigenvalue weighted by atomic mass is 19.1. The summed E-state index contributed by atoms with van der Waals surface area (Å²) in [5.41, 5.74) is 10.6. The van der Waals surface area contributed by atoms with E-state index in [1.807, 2.05) is 147 Å². The topological polar surface area (TPSA) is 333 Å². The van der Waals surface area contributed by atoms with E-state index in [-0.39, 0.29) is 23.0 Å². The van der Waals surface area contributed by atoms with Crippen LogP contribution in [-0.2, 0) is 0 Å². The molecule has 0 amide bonds. The molecule has 32 heteroatoms. The zero-order valence-electron chi connectivity index (χ0n) is 67.5. The van der Waals surface area contributed by atoms with Gasteiger partial charge in [-0.15, -0.1) is 0 Å². The fourth-order valence-corrected chi connectivity index (χ4v) is 16.0. The minimum Gasteiger partial charge on any atom is -0.403 e. The number of hydrogen-bond acceptors (Lipinski definition) is 27. The van der Waals surface area contributed by atoms with Crippen molar-refractivity contribution >= 4 is 90.3 Å². The molecule has 4 aliphatic rings. The van der Waals surface area contributed by atoms with Crippen molar-refractivity contribution in [3.05, 3.63) is 216 Å². The summed E-state index contributed by atoms with van der Waals surface area (Å²) in [7, 11) is 2.14. The standard InChI is InChI=1S/2C22H24N6O2.C21H20FN5O2.C21H22N6O2/c1-12-8-27(9-13(2)23-12)19-6-5-16-7-17(22(29)30-21(16)26-19)18-11-28-10-14(3)24-15(4)20(28)25-18;1-14-12-28-13-18(24-20(28)15(2)23-14)17-11-16-5-6-19(25-21(16)30-22(17)29)27-8-4-7-26(3)9-10-27;1-12-10-27(13(2)9-23-12)18-6-5-14-8-15(21(28)29-20(14)25-18)17-11-26-7-3-4-16(22)19(26)24-17;1-13-11-27-12-17(24-19(27)14(2)23-13)16-10-15-4-5-18(25-20(15)29-21(16)28)26-8-3-6-22-7-9-26/h5-7,10-13,23H,8-9H2,1-4H3;5-6,11-13H,4,7-10H2,1-3H3;3-8,11-13,23H,9-10H2,1-2H3;4-5,10-12,22H,3,6-9H2,1-2H3/t12-,13+;;12-,13+;/m..0./s1. The molecule has 0 saturated carbocycles. The first-order valence-electron chi connectivity index (χ1n) is 39.8. The number of halogens is 1. The first-order chi connectivity index (χ1) is 56.9. The van der Waals surface area contributed by atoms with Crippen LogP contribution in [0.5, 0.6) is 0 Å². The fraction of sp³-hybridized carbons (Fsp3) is 0.337. The van der Waals surface area contributed by atoms with Crippen molar-refractivity contribution in [1.29, 1.82) is 0 Å². The number of imidazole rings is 4. The van der Waals surface area contributed by atoms with Crippen LogP contribution in [0, 0.1) is 47.4 Å². The molecule has 604 valence electrons. The number of piperazine rings is 2. The molecule has 0 aromatic carbocycles. The third-order valence-electron chi connectivity index (χ3n) is 21.7. The van der Waals surface area contributed by atoms with Gasteiger partial charge in [-0.3, -0.25) is 15.0 Å². The summed E-state index contributed by atoms with van der Waals surface area (Å²) < 4.78 is 43.5. The molecule has 20 rings (SSSR count). The van der Waals surface area contributed by atoms with E-state index in [1.165, 1.54) is 6.07 Å². The van der Waals surface area contributed by atoms with E-state index in [1.54, 1.807) is 41.1 Å². The normalized spacial score (nSPS) is 17.6. The van der Waals surface area contributed by atoms with E-state index in [9.17, 15) is 23.6 Å². The number of nitrogens with zero attached hydrogens (tertiary/aromatic N) is 20. The van der Waals surface area contributed by atoms with Crippen LogP contribution in [0.15, 0.2) is 171 Å². The monoisotopic (exact) mass is 1590 g/mol. The lowest BCUT2D eigenvalue weighted by molar-refractivity contribution is 0.360. The van der Waals surface area contributed by atoms with Gasteiger partial charge in [0.05, 0.1) is 79.2 Å². The summed E-state index contributed by atoms with van der Waals surface area (Å²) in [6.45, 7) is 31.2. The Morgan fingerprint density at radius 3 is 1.26 bits per heavy atom. The molecule has 0 spiro atoms. The van der Waals surface area contributed by atoms with Crippen LogP contribution in [0.4, 0.5) is 27.7 Å². The van der Waals surface area contributed by atoms with Crippen LogP contribution >= 0.6 is 0 Å². The molecule has 0 unspecified atom stereocenters. The molecule has 16 aromatic heterocycles. The summed E-state index contributed by atoms with van der Waals surface area (Å²) in [6.07, 6.45) is 16.6. The zero-order chi connectivity index (χ0) is 81.9. The highest BCUT2D eigenvalue weighted by molar-refractivity contribution is 5.84. The zero-order valence-corrected chi connectivity index (χ0v) is 67.5. The van der Waals surface area contributed by atoms with Gasteiger partial charge < -0.3 is 75.7 Å². The Kier molecular flexibility index (Phi) is 21.2. The molecule has 4 aliphatic heterocycles. The van der Waals surface area contributed by atoms with Gasteiger partial charge in [0.1, 0.15) is 23.3 Å². The molecule has 16 aromatic rings. The van der Waals surface area contributed by atoms with Crippen LogP contribution in [0.1, 0.15) is 74.7 Å². The molecule has 118 heavy (non-hydrogen) atoms. The molecular formula is C86H90FN23O8. The quantitative estimate of drug-likeness (QED) is 0.127. The maximum absolute atomic E-state index is 13.9. The Hall–Kier alpha value is -13.0. The summed E-state index contributed by atoms with van der Waals surface area (Å²) in [5.74, 6) is 2.84. The minimum atomic E-state index is -0.548. The maximum Gasteiger partial charge on any atom is 0.347 e. The lowest BCUT2D eigenvalue weighted by atomic mass is 10.1. The number of nitrogens with one attached hydrogen (secondary N) is 3. The Balaban J connectivity index is 0.000000113. The first kappa shape index (κ1) is 77.5. The van der Waals surface area contributed by atoms with Gasteiger partial charge in [0.15, 0.2) is 28.4 Å². The SMILES string of the molecule is C[C@@H]1CN[C@@H](C)CN1c1ccc2cc(-c3cn4cccc(F)c4n3)c(=O)oc2n1.Cc1cn2cc(-c3cc4ccc(N5CCCN(C)CC5)nc4oc3=O)nc2c(C)n1.Cc1cn2cc(-c3cc4ccc(N5CCCNCC5)nc4oc3=O)nc2c(C)n1.Cc1cn2cc(-c3cc4ccc(N5C[C@@H](C)N[C@@H](C)C5)nc4oc3=O)nc2c(C)n1. The Morgan fingerprint density at radius 1 is 0.398 bits per heavy atom. The van der Waals surface area contributed by atoms with Crippen molar-refractivity contribution in [2.24, 2.45) is 0 Å². The van der Waals surface area contributed by atoms with E-state index in [0.717, 1.165) is 182 Å². The van der Waals surface area contributed by atoms with Crippen molar-refractivity contribution < 1.29 is 22.1 Å².